The van der Waals surface area contributed by atoms with Crippen molar-refractivity contribution in [3.63, 3.8) is 0 Å². The van der Waals surface area contributed by atoms with Crippen LogP contribution in [0, 0.1) is 0 Å². The van der Waals surface area contributed by atoms with Crippen LogP contribution in [-0.2, 0) is 0 Å². The van der Waals surface area contributed by atoms with Gasteiger partial charge in [-0.1, -0.05) is 30.3 Å². The first kappa shape index (κ1) is 19.7. The molecule has 0 saturated heterocycles. The van der Waals surface area contributed by atoms with Crippen LogP contribution in [0.25, 0.3) is 0 Å². The van der Waals surface area contributed by atoms with Gasteiger partial charge in [0.05, 0.1) is 6.42 Å². The smallest absolute Gasteiger partial charge is 0.242 e. The summed E-state index contributed by atoms with van der Waals surface area (Å²) < 4.78 is 18.7. The normalized spacial score (nSPS) is 17.1. The molecule has 1 aliphatic rings. The molecule has 144 valence electrons. The number of hydrogen-bond acceptors (Lipinski definition) is 4. The summed E-state index contributed by atoms with van der Waals surface area (Å²) in [4.78, 5) is 13.0. The van der Waals surface area contributed by atoms with Crippen LogP contribution < -0.4 is 13.6 Å². The predicted molar refractivity (Wildman–Crippen MR) is 113 cm³/mol. The topological polar surface area (TPSA) is 44.8 Å². The van der Waals surface area contributed by atoms with Crippen molar-refractivity contribution in [2.24, 2.45) is 0 Å². The number of benzene rings is 2. The summed E-state index contributed by atoms with van der Waals surface area (Å²) in [5.74, 6) is 1.92. The molecule has 3 rings (SSSR count). The average molecular weight is 401 g/mol. The van der Waals surface area contributed by atoms with Crippen molar-refractivity contribution in [3.8, 4) is 17.2 Å². The Labute approximate surface area is 163 Å². The Bertz CT molecular complexity index is 836. The van der Waals surface area contributed by atoms with Crippen molar-refractivity contribution < 1.29 is 18.4 Å². The molecule has 0 saturated carbocycles. The molecule has 0 aliphatic carbocycles. The Morgan fingerprint density at radius 3 is 2.15 bits per heavy atom. The number of hydrogen-bond donors (Lipinski definition) is 0. The fourth-order valence-electron chi connectivity index (χ4n) is 3.08. The lowest BCUT2D eigenvalue weighted by Gasteiger charge is -2.30. The Morgan fingerprint density at radius 2 is 1.56 bits per heavy atom. The molecule has 0 aromatic heterocycles. The van der Waals surface area contributed by atoms with Crippen LogP contribution in [0.3, 0.4) is 0 Å². The van der Waals surface area contributed by atoms with Gasteiger partial charge in [-0.05, 0) is 44.8 Å². The Balaban J connectivity index is 2.05. The molecule has 0 amide bonds. The fourth-order valence-corrected chi connectivity index (χ4v) is 4.72. The molecular weight excluding hydrogens is 372 g/mol. The van der Waals surface area contributed by atoms with E-state index in [9.17, 15) is 4.79 Å². The molecule has 1 aliphatic heterocycles. The summed E-state index contributed by atoms with van der Waals surface area (Å²) in [6.07, 6.45) is 0.0286. The molecule has 1 atom stereocenters. The van der Waals surface area contributed by atoms with Crippen molar-refractivity contribution in [3.05, 3.63) is 53.6 Å². The molecule has 2 aromatic carbocycles. The molecule has 0 fully saturated rings. The van der Waals surface area contributed by atoms with E-state index >= 15 is 0 Å². The van der Waals surface area contributed by atoms with E-state index in [0.29, 0.717) is 29.2 Å². The highest BCUT2D eigenvalue weighted by Gasteiger charge is 2.33. The standard InChI is InChI=1S/C21H28O4Si2/c1-26(2,3)24-16-12-19-21(20(13-16)25-27(4,5)6)17(22)14-18(23-19)15-10-8-7-9-11-15/h7-13,18H,14H2,1-6H3. The minimum atomic E-state index is -1.90. The van der Waals surface area contributed by atoms with Gasteiger partial charge < -0.3 is 13.6 Å². The summed E-state index contributed by atoms with van der Waals surface area (Å²) in [7, 11) is -3.71. The van der Waals surface area contributed by atoms with E-state index < -0.39 is 16.6 Å². The zero-order chi connectivity index (χ0) is 19.8. The first-order valence-electron chi connectivity index (χ1n) is 9.33. The van der Waals surface area contributed by atoms with Crippen LogP contribution in [0.2, 0.25) is 39.3 Å². The third kappa shape index (κ3) is 5.02. The van der Waals surface area contributed by atoms with Crippen LogP contribution in [0.15, 0.2) is 42.5 Å². The molecule has 0 spiro atoms. The van der Waals surface area contributed by atoms with E-state index in [1.165, 1.54) is 0 Å². The molecule has 1 unspecified atom stereocenters. The van der Waals surface area contributed by atoms with Gasteiger partial charge in [0.25, 0.3) is 0 Å². The van der Waals surface area contributed by atoms with Gasteiger partial charge in [-0.15, -0.1) is 0 Å². The number of Topliss-reactive ketones (excluding diaryl/α,β-unsaturated/α-hetero) is 1. The van der Waals surface area contributed by atoms with Crippen LogP contribution >= 0.6 is 0 Å². The molecule has 2 aromatic rings. The van der Waals surface area contributed by atoms with Gasteiger partial charge in [-0.3, -0.25) is 4.79 Å². The SMILES string of the molecule is C[Si](C)(C)Oc1cc2c(c(O[Si](C)(C)C)c1)C(=O)CC(c1ccccc1)O2. The second-order valence-electron chi connectivity index (χ2n) is 8.87. The minimum Gasteiger partial charge on any atom is -0.544 e. The number of carbonyl (C=O) groups excluding carboxylic acids is 1. The van der Waals surface area contributed by atoms with Gasteiger partial charge in [0, 0.05) is 12.1 Å². The summed E-state index contributed by atoms with van der Waals surface area (Å²) >= 11 is 0. The van der Waals surface area contributed by atoms with Gasteiger partial charge in [0.2, 0.25) is 16.6 Å². The van der Waals surface area contributed by atoms with E-state index in [-0.39, 0.29) is 11.9 Å². The second-order valence-corrected chi connectivity index (χ2v) is 17.7. The third-order valence-corrected chi connectivity index (χ3v) is 5.65. The lowest BCUT2D eigenvalue weighted by atomic mass is 9.95. The monoisotopic (exact) mass is 400 g/mol. The number of fused-ring (bicyclic) bond motifs is 1. The molecule has 4 nitrogen and oxygen atoms in total. The molecule has 6 heteroatoms. The zero-order valence-corrected chi connectivity index (χ0v) is 19.0. The van der Waals surface area contributed by atoms with Crippen LogP contribution in [-0.4, -0.2) is 22.4 Å². The van der Waals surface area contributed by atoms with Crippen LogP contribution in [0.1, 0.15) is 28.4 Å². The second kappa shape index (κ2) is 7.16. The lowest BCUT2D eigenvalue weighted by molar-refractivity contribution is 0.0846. The molecule has 1 heterocycles. The fraction of sp³-hybridized carbons (Fsp3) is 0.381. The maximum absolute atomic E-state index is 13.0. The first-order chi connectivity index (χ1) is 12.5. The predicted octanol–water partition coefficient (Wildman–Crippen LogP) is 5.82. The van der Waals surface area contributed by atoms with Crippen molar-refractivity contribution in [1.29, 1.82) is 0 Å². The number of rotatable bonds is 5. The number of ketones is 1. The Kier molecular flexibility index (Phi) is 5.23. The average Bonchev–Trinajstić information content (AvgIpc) is 2.51. The van der Waals surface area contributed by atoms with Crippen molar-refractivity contribution in [1.82, 2.24) is 0 Å². The van der Waals surface area contributed by atoms with Gasteiger partial charge in [0.1, 0.15) is 28.9 Å². The summed E-state index contributed by atoms with van der Waals surface area (Å²) in [6, 6.07) is 13.6. The van der Waals surface area contributed by atoms with Crippen LogP contribution in [0.5, 0.6) is 17.2 Å². The van der Waals surface area contributed by atoms with E-state index in [2.05, 4.69) is 39.3 Å². The number of carbonyl (C=O) groups is 1. The Morgan fingerprint density at radius 1 is 0.926 bits per heavy atom. The van der Waals surface area contributed by atoms with E-state index in [0.717, 1.165) is 5.56 Å². The minimum absolute atomic E-state index is 0.0536. The lowest BCUT2D eigenvalue weighted by Crippen LogP contribution is -2.32. The van der Waals surface area contributed by atoms with Gasteiger partial charge in [-0.25, -0.2) is 0 Å². The van der Waals surface area contributed by atoms with Gasteiger partial charge >= 0.3 is 0 Å². The van der Waals surface area contributed by atoms with Crippen molar-refractivity contribution in [2.45, 2.75) is 51.8 Å². The van der Waals surface area contributed by atoms with Gasteiger partial charge in [-0.2, -0.15) is 0 Å². The molecule has 0 bridgehead atoms. The van der Waals surface area contributed by atoms with E-state index in [4.69, 9.17) is 13.6 Å². The Hall–Kier alpha value is -2.06. The maximum Gasteiger partial charge on any atom is 0.242 e. The quantitative estimate of drug-likeness (QED) is 0.593. The number of ether oxygens (including phenoxy) is 1. The van der Waals surface area contributed by atoms with Gasteiger partial charge in [0.15, 0.2) is 5.78 Å². The zero-order valence-electron chi connectivity index (χ0n) is 17.0. The highest BCUT2D eigenvalue weighted by Crippen LogP contribution is 2.43. The van der Waals surface area contributed by atoms with Crippen molar-refractivity contribution >= 4 is 22.4 Å². The van der Waals surface area contributed by atoms with E-state index in [1.807, 2.05) is 42.5 Å². The maximum atomic E-state index is 13.0. The van der Waals surface area contributed by atoms with Crippen LogP contribution in [0.4, 0.5) is 0 Å². The highest BCUT2D eigenvalue weighted by atomic mass is 28.4. The molecule has 0 N–H and O–H groups in total. The molecule has 0 radical (unpaired) electrons. The summed E-state index contributed by atoms with van der Waals surface area (Å²) in [5.41, 5.74) is 1.55. The summed E-state index contributed by atoms with van der Waals surface area (Å²) in [5, 5.41) is 0. The molecule has 27 heavy (non-hydrogen) atoms. The first-order valence-corrected chi connectivity index (χ1v) is 16.1. The summed E-state index contributed by atoms with van der Waals surface area (Å²) in [6.45, 7) is 12.7. The third-order valence-electron chi connectivity index (χ3n) is 3.97. The van der Waals surface area contributed by atoms with E-state index in [1.54, 1.807) is 0 Å². The molecular formula is C21H28O4Si2. The highest BCUT2D eigenvalue weighted by molar-refractivity contribution is 6.71. The van der Waals surface area contributed by atoms with Crippen molar-refractivity contribution in [2.75, 3.05) is 0 Å². The largest absolute Gasteiger partial charge is 0.544 e.